The maximum atomic E-state index is 13.0. The van der Waals surface area contributed by atoms with Gasteiger partial charge in [0.05, 0.1) is 0 Å². The Hall–Kier alpha value is -2.21. The average Bonchev–Trinajstić information content (AvgIpc) is 2.29. The van der Waals surface area contributed by atoms with Crippen LogP contribution >= 0.6 is 0 Å². The van der Waals surface area contributed by atoms with Crippen LogP contribution in [0.1, 0.15) is 5.56 Å². The minimum absolute atomic E-state index is 0.339. The van der Waals surface area contributed by atoms with E-state index in [-0.39, 0.29) is 5.82 Å². The Bertz CT molecular complexity index is 529. The molecule has 0 saturated heterocycles. The fourth-order valence-electron chi connectivity index (χ4n) is 1.33. The summed E-state index contributed by atoms with van der Waals surface area (Å²) in [5, 5.41) is 8.87. The quantitative estimate of drug-likeness (QED) is 0.642. The second-order valence-corrected chi connectivity index (χ2v) is 2.98. The smallest absolute Gasteiger partial charge is 0.200 e. The molecule has 0 saturated carbocycles. The van der Waals surface area contributed by atoms with E-state index in [4.69, 9.17) is 5.26 Å². The van der Waals surface area contributed by atoms with Crippen molar-refractivity contribution in [3.8, 4) is 11.8 Å². The van der Waals surface area contributed by atoms with Crippen LogP contribution in [0.3, 0.4) is 0 Å². The molecule has 3 heteroatoms. The van der Waals surface area contributed by atoms with E-state index in [1.165, 1.54) is 12.3 Å². The van der Waals surface area contributed by atoms with Crippen molar-refractivity contribution >= 4 is 0 Å². The SMILES string of the molecule is N#Cc1c[c]ccc1-[n+]1cccc(F)c1. The molecule has 0 aliphatic rings. The minimum atomic E-state index is -0.339. The van der Waals surface area contributed by atoms with Crippen LogP contribution < -0.4 is 4.57 Å². The summed E-state index contributed by atoms with van der Waals surface area (Å²) >= 11 is 0. The first-order valence-electron chi connectivity index (χ1n) is 4.38. The zero-order valence-electron chi connectivity index (χ0n) is 7.81. The molecule has 0 N–H and O–H groups in total. The molecule has 1 radical (unpaired) electrons. The van der Waals surface area contributed by atoms with Crippen LogP contribution in [0, 0.1) is 23.2 Å². The predicted molar refractivity (Wildman–Crippen MR) is 51.5 cm³/mol. The van der Waals surface area contributed by atoms with E-state index in [2.05, 4.69) is 6.07 Å². The number of nitriles is 1. The monoisotopic (exact) mass is 198 g/mol. The van der Waals surface area contributed by atoms with E-state index in [0.29, 0.717) is 11.3 Å². The van der Waals surface area contributed by atoms with Gasteiger partial charge in [-0.15, -0.1) is 0 Å². The third-order valence-corrected chi connectivity index (χ3v) is 2.00. The summed E-state index contributed by atoms with van der Waals surface area (Å²) in [6.45, 7) is 0. The third-order valence-electron chi connectivity index (χ3n) is 2.00. The predicted octanol–water partition coefficient (Wildman–Crippen LogP) is 1.77. The zero-order chi connectivity index (χ0) is 10.7. The van der Waals surface area contributed by atoms with E-state index in [1.807, 2.05) is 6.07 Å². The highest BCUT2D eigenvalue weighted by Crippen LogP contribution is 2.06. The fraction of sp³-hybridized carbons (Fsp3) is 0. The normalized spacial score (nSPS) is 9.60. The van der Waals surface area contributed by atoms with E-state index in [1.54, 1.807) is 35.0 Å². The molecular weight excluding hydrogens is 191 g/mol. The first-order valence-corrected chi connectivity index (χ1v) is 4.38. The van der Waals surface area contributed by atoms with Crippen molar-refractivity contribution in [2.24, 2.45) is 0 Å². The minimum Gasteiger partial charge on any atom is -0.200 e. The molecule has 0 spiro atoms. The Morgan fingerprint density at radius 2 is 2.27 bits per heavy atom. The highest BCUT2D eigenvalue weighted by atomic mass is 19.1. The average molecular weight is 198 g/mol. The molecule has 2 nitrogen and oxygen atoms in total. The van der Waals surface area contributed by atoms with Crippen LogP contribution in [-0.4, -0.2) is 0 Å². The highest BCUT2D eigenvalue weighted by molar-refractivity contribution is 5.42. The summed E-state index contributed by atoms with van der Waals surface area (Å²) in [6.07, 6.45) is 3.02. The molecule has 15 heavy (non-hydrogen) atoms. The van der Waals surface area contributed by atoms with E-state index < -0.39 is 0 Å². The van der Waals surface area contributed by atoms with E-state index in [0.717, 1.165) is 0 Å². The first kappa shape index (κ1) is 9.35. The van der Waals surface area contributed by atoms with Crippen molar-refractivity contribution in [1.82, 2.24) is 0 Å². The van der Waals surface area contributed by atoms with Gasteiger partial charge in [-0.05, 0) is 24.3 Å². The van der Waals surface area contributed by atoms with Crippen LogP contribution in [0.4, 0.5) is 4.39 Å². The van der Waals surface area contributed by atoms with Gasteiger partial charge >= 0.3 is 0 Å². The molecule has 0 aliphatic heterocycles. The van der Waals surface area contributed by atoms with Gasteiger partial charge < -0.3 is 0 Å². The van der Waals surface area contributed by atoms with Crippen molar-refractivity contribution in [3.63, 3.8) is 0 Å². The number of benzene rings is 1. The molecule has 1 aromatic heterocycles. The fourth-order valence-corrected chi connectivity index (χ4v) is 1.33. The third kappa shape index (κ3) is 1.84. The Kier molecular flexibility index (Phi) is 2.42. The molecule has 1 aromatic carbocycles. The summed E-state index contributed by atoms with van der Waals surface area (Å²) < 4.78 is 14.5. The highest BCUT2D eigenvalue weighted by Gasteiger charge is 2.11. The number of nitrogens with zero attached hydrogens (tertiary/aromatic N) is 2. The molecule has 71 valence electrons. The van der Waals surface area contributed by atoms with E-state index in [9.17, 15) is 4.39 Å². The van der Waals surface area contributed by atoms with Crippen LogP contribution in [0.5, 0.6) is 0 Å². The molecule has 1 heterocycles. The molecular formula is C12H7FN2+. The lowest BCUT2D eigenvalue weighted by molar-refractivity contribution is -0.597. The molecule has 0 fully saturated rings. The van der Waals surface area contributed by atoms with Crippen molar-refractivity contribution in [2.45, 2.75) is 0 Å². The maximum Gasteiger partial charge on any atom is 0.228 e. The van der Waals surface area contributed by atoms with Gasteiger partial charge in [0.2, 0.25) is 11.9 Å². The summed E-state index contributed by atoms with van der Waals surface area (Å²) in [6, 6.07) is 12.8. The van der Waals surface area contributed by atoms with Gasteiger partial charge in [-0.3, -0.25) is 0 Å². The molecule has 2 rings (SSSR count). The van der Waals surface area contributed by atoms with Crippen LogP contribution in [0.25, 0.3) is 5.69 Å². The van der Waals surface area contributed by atoms with Gasteiger partial charge in [-0.1, -0.05) is 0 Å². The van der Waals surface area contributed by atoms with E-state index >= 15 is 0 Å². The maximum absolute atomic E-state index is 13.0. The van der Waals surface area contributed by atoms with Gasteiger partial charge in [0.15, 0.2) is 12.0 Å². The van der Waals surface area contributed by atoms with Gasteiger partial charge in [0.25, 0.3) is 0 Å². The molecule has 0 amide bonds. The Labute approximate surface area is 86.8 Å². The standard InChI is InChI=1S/C12H7FN2/c13-11-5-3-7-15(9-11)12-6-2-1-4-10(12)8-14/h2-7,9H/q+1. The number of halogens is 1. The molecule has 0 bridgehead atoms. The largest absolute Gasteiger partial charge is 0.228 e. The van der Waals surface area contributed by atoms with Crippen molar-refractivity contribution < 1.29 is 8.96 Å². The molecule has 0 unspecified atom stereocenters. The summed E-state index contributed by atoms with van der Waals surface area (Å²) in [7, 11) is 0. The number of hydrogen-bond acceptors (Lipinski definition) is 1. The van der Waals surface area contributed by atoms with Gasteiger partial charge in [0, 0.05) is 12.1 Å². The zero-order valence-corrected chi connectivity index (χ0v) is 7.81. The summed E-state index contributed by atoms with van der Waals surface area (Å²) in [4.78, 5) is 0. The van der Waals surface area contributed by atoms with Gasteiger partial charge in [-0.25, -0.2) is 4.39 Å². The van der Waals surface area contributed by atoms with Crippen LogP contribution in [0.15, 0.2) is 42.7 Å². The topological polar surface area (TPSA) is 27.7 Å². The molecule has 0 aliphatic carbocycles. The van der Waals surface area contributed by atoms with Crippen LogP contribution in [-0.2, 0) is 0 Å². The first-order chi connectivity index (χ1) is 7.31. The lowest BCUT2D eigenvalue weighted by Crippen LogP contribution is -2.31. The second-order valence-electron chi connectivity index (χ2n) is 2.98. The second kappa shape index (κ2) is 3.89. The molecule has 2 aromatic rings. The summed E-state index contributed by atoms with van der Waals surface area (Å²) in [5.74, 6) is -0.339. The summed E-state index contributed by atoms with van der Waals surface area (Å²) in [5.41, 5.74) is 1.11. The van der Waals surface area contributed by atoms with Crippen molar-refractivity contribution in [3.05, 3.63) is 60.2 Å². The van der Waals surface area contributed by atoms with Crippen LogP contribution in [0.2, 0.25) is 0 Å². The Morgan fingerprint density at radius 3 is 3.00 bits per heavy atom. The number of hydrogen-bond donors (Lipinski definition) is 0. The number of pyridine rings is 1. The van der Waals surface area contributed by atoms with Gasteiger partial charge in [0.1, 0.15) is 11.6 Å². The van der Waals surface area contributed by atoms with Crippen molar-refractivity contribution in [1.29, 1.82) is 5.26 Å². The Morgan fingerprint density at radius 1 is 1.40 bits per heavy atom. The lowest BCUT2D eigenvalue weighted by atomic mass is 10.2. The molecule has 0 atom stereocenters. The van der Waals surface area contributed by atoms with Crippen molar-refractivity contribution in [2.75, 3.05) is 0 Å². The van der Waals surface area contributed by atoms with Gasteiger partial charge in [-0.2, -0.15) is 9.83 Å². The lowest BCUT2D eigenvalue weighted by Gasteiger charge is -1.96. The number of rotatable bonds is 1. The Balaban J connectivity index is 2.60. The number of aromatic nitrogens is 1.